The quantitative estimate of drug-likeness (QED) is 0.371. The molecule has 0 aliphatic carbocycles. The molecule has 33 heavy (non-hydrogen) atoms. The molecule has 0 fully saturated rings. The second-order valence-corrected chi connectivity index (χ2v) is 7.05. The minimum atomic E-state index is -0.944. The van der Waals surface area contributed by atoms with Crippen molar-refractivity contribution in [1.82, 2.24) is 5.32 Å². The van der Waals surface area contributed by atoms with Crippen LogP contribution in [0.1, 0.15) is 23.2 Å². The highest BCUT2D eigenvalue weighted by molar-refractivity contribution is 6.00. The summed E-state index contributed by atoms with van der Waals surface area (Å²) in [6.45, 7) is 0.155. The van der Waals surface area contributed by atoms with E-state index in [0.717, 1.165) is 12.1 Å². The zero-order valence-corrected chi connectivity index (χ0v) is 17.5. The number of anilines is 3. The topological polar surface area (TPSA) is 99.3 Å². The third kappa shape index (κ3) is 7.42. The number of para-hydroxylation sites is 1. The van der Waals surface area contributed by atoms with E-state index < -0.39 is 17.5 Å². The summed E-state index contributed by atoms with van der Waals surface area (Å²) in [5.74, 6) is -2.65. The molecule has 0 aliphatic heterocycles. The fraction of sp³-hybridized carbons (Fsp3) is 0.125. The van der Waals surface area contributed by atoms with Gasteiger partial charge in [-0.3, -0.25) is 9.59 Å². The number of benzene rings is 3. The Labute approximate surface area is 189 Å². The smallest absolute Gasteiger partial charge is 0.323 e. The Hall–Kier alpha value is -4.27. The van der Waals surface area contributed by atoms with Gasteiger partial charge < -0.3 is 21.3 Å². The molecule has 3 rings (SSSR count). The van der Waals surface area contributed by atoms with Gasteiger partial charge in [0.25, 0.3) is 5.91 Å². The average Bonchev–Trinajstić information content (AvgIpc) is 2.78. The Morgan fingerprint density at radius 3 is 1.97 bits per heavy atom. The van der Waals surface area contributed by atoms with Crippen molar-refractivity contribution in [1.29, 1.82) is 0 Å². The van der Waals surface area contributed by atoms with Crippen LogP contribution in [0.15, 0.2) is 72.8 Å². The van der Waals surface area contributed by atoms with Gasteiger partial charge in [-0.2, -0.15) is 0 Å². The lowest BCUT2D eigenvalue weighted by atomic mass is 10.2. The van der Waals surface area contributed by atoms with E-state index >= 15 is 0 Å². The average molecular weight is 452 g/mol. The minimum absolute atomic E-state index is 0.131. The first-order chi connectivity index (χ1) is 15.9. The minimum Gasteiger partial charge on any atom is -0.352 e. The third-order valence-electron chi connectivity index (χ3n) is 4.50. The molecule has 4 amide bonds. The molecule has 0 aromatic heterocycles. The van der Waals surface area contributed by atoms with Crippen LogP contribution in [-0.2, 0) is 4.79 Å². The summed E-state index contributed by atoms with van der Waals surface area (Å²) in [6.07, 6.45) is 0.464. The summed E-state index contributed by atoms with van der Waals surface area (Å²) in [6, 6.07) is 17.9. The van der Waals surface area contributed by atoms with Crippen LogP contribution >= 0.6 is 0 Å². The van der Waals surface area contributed by atoms with Crippen LogP contribution in [0.5, 0.6) is 0 Å². The number of carbonyl (C=O) groups excluding carboxylic acids is 3. The van der Waals surface area contributed by atoms with Crippen molar-refractivity contribution in [2.75, 3.05) is 22.5 Å². The van der Waals surface area contributed by atoms with Gasteiger partial charge in [-0.05, 0) is 55.0 Å². The number of halogens is 2. The van der Waals surface area contributed by atoms with E-state index in [-0.39, 0.29) is 30.5 Å². The summed E-state index contributed by atoms with van der Waals surface area (Å²) in [4.78, 5) is 36.0. The molecule has 0 unspecified atom stereocenters. The SMILES string of the molecule is O=C(CCCNC(=O)c1ccc(F)cc1F)Nc1ccc(NC(=O)Nc2ccccc2)cc1. The summed E-state index contributed by atoms with van der Waals surface area (Å²) < 4.78 is 26.5. The van der Waals surface area contributed by atoms with Gasteiger partial charge in [-0.1, -0.05) is 18.2 Å². The molecule has 170 valence electrons. The molecule has 9 heteroatoms. The van der Waals surface area contributed by atoms with E-state index in [4.69, 9.17) is 0 Å². The molecular formula is C24H22F2N4O3. The number of urea groups is 1. The first-order valence-corrected chi connectivity index (χ1v) is 10.2. The highest BCUT2D eigenvalue weighted by Crippen LogP contribution is 2.15. The second kappa shape index (κ2) is 11.4. The predicted molar refractivity (Wildman–Crippen MR) is 122 cm³/mol. The molecule has 0 heterocycles. The van der Waals surface area contributed by atoms with Crippen LogP contribution in [0.2, 0.25) is 0 Å². The predicted octanol–water partition coefficient (Wildman–Crippen LogP) is 4.76. The van der Waals surface area contributed by atoms with Crippen molar-refractivity contribution in [3.63, 3.8) is 0 Å². The van der Waals surface area contributed by atoms with Gasteiger partial charge >= 0.3 is 6.03 Å². The number of nitrogens with one attached hydrogen (secondary N) is 4. The van der Waals surface area contributed by atoms with E-state index in [9.17, 15) is 23.2 Å². The van der Waals surface area contributed by atoms with Crippen molar-refractivity contribution in [2.45, 2.75) is 12.8 Å². The lowest BCUT2D eigenvalue weighted by Gasteiger charge is -2.09. The number of hydrogen-bond acceptors (Lipinski definition) is 3. The van der Waals surface area contributed by atoms with E-state index in [0.29, 0.717) is 29.5 Å². The molecule has 3 aromatic rings. The molecule has 4 N–H and O–H groups in total. The van der Waals surface area contributed by atoms with Crippen LogP contribution in [0.4, 0.5) is 30.6 Å². The van der Waals surface area contributed by atoms with E-state index in [1.165, 1.54) is 0 Å². The third-order valence-corrected chi connectivity index (χ3v) is 4.50. The van der Waals surface area contributed by atoms with Gasteiger partial charge in [-0.15, -0.1) is 0 Å². The molecule has 3 aromatic carbocycles. The first-order valence-electron chi connectivity index (χ1n) is 10.2. The Morgan fingerprint density at radius 2 is 1.33 bits per heavy atom. The van der Waals surface area contributed by atoms with Crippen molar-refractivity contribution in [2.24, 2.45) is 0 Å². The van der Waals surface area contributed by atoms with Crippen molar-refractivity contribution in [3.8, 4) is 0 Å². The maximum atomic E-state index is 13.6. The van der Waals surface area contributed by atoms with Crippen LogP contribution in [0, 0.1) is 11.6 Å². The monoisotopic (exact) mass is 452 g/mol. The molecule has 0 atom stereocenters. The molecular weight excluding hydrogens is 430 g/mol. The lowest BCUT2D eigenvalue weighted by molar-refractivity contribution is -0.116. The van der Waals surface area contributed by atoms with Crippen LogP contribution in [0.25, 0.3) is 0 Å². The van der Waals surface area contributed by atoms with Gasteiger partial charge in [0.2, 0.25) is 5.91 Å². The van der Waals surface area contributed by atoms with Crippen LogP contribution < -0.4 is 21.3 Å². The number of hydrogen-bond donors (Lipinski definition) is 4. The van der Waals surface area contributed by atoms with E-state index in [1.54, 1.807) is 36.4 Å². The Bertz CT molecular complexity index is 1120. The number of amides is 4. The van der Waals surface area contributed by atoms with E-state index in [2.05, 4.69) is 21.3 Å². The fourth-order valence-electron chi connectivity index (χ4n) is 2.90. The summed E-state index contributed by atoms with van der Waals surface area (Å²) >= 11 is 0. The Kier molecular flexibility index (Phi) is 8.07. The molecule has 0 radical (unpaired) electrons. The van der Waals surface area contributed by atoms with Crippen molar-refractivity contribution < 1.29 is 23.2 Å². The van der Waals surface area contributed by atoms with Crippen molar-refractivity contribution in [3.05, 3.63) is 90.0 Å². The van der Waals surface area contributed by atoms with Gasteiger partial charge in [0.1, 0.15) is 11.6 Å². The summed E-state index contributed by atoms with van der Waals surface area (Å²) in [5, 5.41) is 10.6. The highest BCUT2D eigenvalue weighted by Gasteiger charge is 2.12. The summed E-state index contributed by atoms with van der Waals surface area (Å²) in [7, 11) is 0. The maximum Gasteiger partial charge on any atom is 0.323 e. The van der Waals surface area contributed by atoms with Crippen LogP contribution in [-0.4, -0.2) is 24.4 Å². The second-order valence-electron chi connectivity index (χ2n) is 7.05. The Morgan fingerprint density at radius 1 is 0.727 bits per heavy atom. The summed E-state index contributed by atoms with van der Waals surface area (Å²) in [5.41, 5.74) is 1.51. The van der Waals surface area contributed by atoms with Crippen molar-refractivity contribution >= 4 is 34.9 Å². The molecule has 0 spiro atoms. The van der Waals surface area contributed by atoms with Gasteiger partial charge in [0.15, 0.2) is 0 Å². The normalized spacial score (nSPS) is 10.2. The van der Waals surface area contributed by atoms with Gasteiger partial charge in [0, 0.05) is 36.1 Å². The number of carbonyl (C=O) groups is 3. The molecule has 0 saturated carbocycles. The van der Waals surface area contributed by atoms with Crippen LogP contribution in [0.3, 0.4) is 0 Å². The zero-order valence-electron chi connectivity index (χ0n) is 17.5. The largest absolute Gasteiger partial charge is 0.352 e. The van der Waals surface area contributed by atoms with Gasteiger partial charge in [-0.25, -0.2) is 13.6 Å². The van der Waals surface area contributed by atoms with E-state index in [1.807, 2.05) is 18.2 Å². The molecule has 0 bridgehead atoms. The standard InChI is InChI=1S/C24H22F2N4O3/c25-16-8-13-20(21(26)15-16)23(32)27-14-4-7-22(31)28-18-9-11-19(12-10-18)30-24(33)29-17-5-2-1-3-6-17/h1-3,5-6,8-13,15H,4,7,14H2,(H,27,32)(H,28,31)(H2,29,30,33). The Balaban J connectivity index is 1.38. The lowest BCUT2D eigenvalue weighted by Crippen LogP contribution is -2.26. The molecule has 0 aliphatic rings. The highest BCUT2D eigenvalue weighted by atomic mass is 19.1. The molecule has 0 saturated heterocycles. The maximum absolute atomic E-state index is 13.6. The first kappa shape index (κ1) is 23.4. The molecule has 7 nitrogen and oxygen atoms in total. The van der Waals surface area contributed by atoms with Gasteiger partial charge in [0.05, 0.1) is 5.56 Å². The zero-order chi connectivity index (χ0) is 23.6. The fourth-order valence-corrected chi connectivity index (χ4v) is 2.90. The number of rotatable bonds is 8.